The molecule has 8 heteroatoms. The smallest absolute Gasteiger partial charge is 0.251 e. The van der Waals surface area contributed by atoms with Crippen molar-refractivity contribution in [2.24, 2.45) is 23.5 Å². The Kier molecular flexibility index (Phi) is 6.74. The number of carbonyl (C=O) groups excluding carboxylic acids is 4. The van der Waals surface area contributed by atoms with E-state index in [-0.39, 0.29) is 41.7 Å². The molecule has 1 saturated carbocycles. The number of primary amides is 1. The zero-order chi connectivity index (χ0) is 21.8. The van der Waals surface area contributed by atoms with E-state index in [1.807, 2.05) is 0 Å². The Labute approximate surface area is 176 Å². The van der Waals surface area contributed by atoms with Gasteiger partial charge in [-0.3, -0.25) is 19.2 Å². The molecule has 2 aliphatic rings. The Morgan fingerprint density at radius 3 is 2.53 bits per heavy atom. The van der Waals surface area contributed by atoms with E-state index in [1.165, 1.54) is 11.0 Å². The van der Waals surface area contributed by atoms with E-state index in [2.05, 4.69) is 12.2 Å². The van der Waals surface area contributed by atoms with Crippen LogP contribution in [-0.2, 0) is 9.59 Å². The van der Waals surface area contributed by atoms with Crippen molar-refractivity contribution in [2.75, 3.05) is 33.2 Å². The summed E-state index contributed by atoms with van der Waals surface area (Å²) < 4.78 is 0. The summed E-state index contributed by atoms with van der Waals surface area (Å²) in [4.78, 5) is 51.9. The summed E-state index contributed by atoms with van der Waals surface area (Å²) in [6, 6.07) is 6.30. The van der Waals surface area contributed by atoms with Crippen LogP contribution in [0.2, 0.25) is 0 Å². The number of rotatable bonds is 7. The molecule has 30 heavy (non-hydrogen) atoms. The Hall–Kier alpha value is -2.90. The molecule has 1 heterocycles. The molecule has 2 fully saturated rings. The first-order valence-electron chi connectivity index (χ1n) is 10.5. The van der Waals surface area contributed by atoms with Crippen LogP contribution < -0.4 is 11.1 Å². The van der Waals surface area contributed by atoms with Gasteiger partial charge in [0.15, 0.2) is 0 Å². The van der Waals surface area contributed by atoms with Crippen LogP contribution in [-0.4, -0.2) is 66.7 Å². The Bertz CT molecular complexity index is 836. The van der Waals surface area contributed by atoms with Crippen LogP contribution in [0.25, 0.3) is 0 Å². The lowest BCUT2D eigenvalue weighted by atomic mass is 9.87. The van der Waals surface area contributed by atoms with Gasteiger partial charge in [0.2, 0.25) is 17.7 Å². The van der Waals surface area contributed by atoms with Gasteiger partial charge >= 0.3 is 0 Å². The van der Waals surface area contributed by atoms with Gasteiger partial charge in [0.1, 0.15) is 0 Å². The van der Waals surface area contributed by atoms with E-state index >= 15 is 0 Å². The molecular formula is C22H30N4O4. The van der Waals surface area contributed by atoms with Gasteiger partial charge in [-0.05, 0) is 49.3 Å². The maximum absolute atomic E-state index is 12.7. The minimum atomic E-state index is -0.579. The number of amides is 4. The second-order valence-electron chi connectivity index (χ2n) is 8.49. The number of hydrogen-bond acceptors (Lipinski definition) is 4. The van der Waals surface area contributed by atoms with Gasteiger partial charge in [0, 0.05) is 43.7 Å². The molecule has 0 radical (unpaired) electrons. The fourth-order valence-electron chi connectivity index (χ4n) is 3.80. The molecule has 1 saturated heterocycles. The fraction of sp³-hybridized carbons (Fsp3) is 0.545. The van der Waals surface area contributed by atoms with E-state index in [0.29, 0.717) is 31.1 Å². The van der Waals surface area contributed by atoms with E-state index in [9.17, 15) is 19.2 Å². The van der Waals surface area contributed by atoms with Crippen LogP contribution in [0.3, 0.4) is 0 Å². The van der Waals surface area contributed by atoms with Gasteiger partial charge in [-0.2, -0.15) is 0 Å². The van der Waals surface area contributed by atoms with E-state index in [4.69, 9.17) is 5.73 Å². The molecule has 1 aliphatic heterocycles. The molecule has 1 aliphatic carbocycles. The lowest BCUT2D eigenvalue weighted by Gasteiger charge is -2.38. The third-order valence-electron chi connectivity index (χ3n) is 6.08. The normalized spacial score (nSPS) is 21.1. The fourth-order valence-corrected chi connectivity index (χ4v) is 3.80. The second kappa shape index (κ2) is 9.28. The van der Waals surface area contributed by atoms with Crippen molar-refractivity contribution in [2.45, 2.75) is 26.2 Å². The number of hydrogen-bond donors (Lipinski definition) is 2. The second-order valence-corrected chi connectivity index (χ2v) is 8.49. The highest BCUT2D eigenvalue weighted by molar-refractivity contribution is 5.99. The third kappa shape index (κ3) is 5.37. The molecule has 1 aromatic rings. The van der Waals surface area contributed by atoms with E-state index < -0.39 is 5.91 Å². The average molecular weight is 415 g/mol. The van der Waals surface area contributed by atoms with Crippen LogP contribution >= 0.6 is 0 Å². The number of nitrogens with two attached hydrogens (primary N) is 1. The van der Waals surface area contributed by atoms with Crippen LogP contribution in [0.1, 0.15) is 46.9 Å². The van der Waals surface area contributed by atoms with Crippen molar-refractivity contribution in [3.63, 3.8) is 0 Å². The number of likely N-dealkylation sites (tertiary alicyclic amines) is 1. The van der Waals surface area contributed by atoms with Gasteiger partial charge in [-0.1, -0.05) is 13.0 Å². The molecular weight excluding hydrogens is 384 g/mol. The van der Waals surface area contributed by atoms with Gasteiger partial charge < -0.3 is 20.9 Å². The predicted molar refractivity (Wildman–Crippen MR) is 112 cm³/mol. The van der Waals surface area contributed by atoms with Crippen molar-refractivity contribution >= 4 is 23.6 Å². The molecule has 3 N–H and O–H groups in total. The van der Waals surface area contributed by atoms with Gasteiger partial charge in [0.25, 0.3) is 5.91 Å². The highest BCUT2D eigenvalue weighted by Crippen LogP contribution is 2.30. The topological polar surface area (TPSA) is 113 Å². The minimum absolute atomic E-state index is 0.0516. The summed E-state index contributed by atoms with van der Waals surface area (Å²) in [5, 5.41) is 2.91. The number of likely N-dealkylation sites (N-methyl/N-ethyl adjacent to an activating group) is 1. The van der Waals surface area contributed by atoms with Crippen LogP contribution in [0.5, 0.6) is 0 Å². The maximum atomic E-state index is 12.7. The van der Waals surface area contributed by atoms with Crippen molar-refractivity contribution in [3.8, 4) is 0 Å². The maximum Gasteiger partial charge on any atom is 0.251 e. The molecule has 1 aromatic carbocycles. The van der Waals surface area contributed by atoms with Crippen LogP contribution in [0.15, 0.2) is 24.3 Å². The summed E-state index contributed by atoms with van der Waals surface area (Å²) in [7, 11) is 1.68. The largest absolute Gasteiger partial charge is 0.366 e. The first-order valence-corrected chi connectivity index (χ1v) is 10.5. The van der Waals surface area contributed by atoms with Gasteiger partial charge in [-0.15, -0.1) is 0 Å². The standard InChI is InChI=1S/C22H30N4O4/c1-14-8-9-26(19(27)13-25(2)22(30)15-6-7-15)12-18(14)11-24-21(29)17-5-3-4-16(10-17)20(23)28/h3-5,10,14-15,18H,6-9,11-13H2,1-2H3,(H2,23,28)(H,24,29). The monoisotopic (exact) mass is 414 g/mol. The predicted octanol–water partition coefficient (Wildman–Crippen LogP) is 0.868. The zero-order valence-corrected chi connectivity index (χ0v) is 17.6. The quantitative estimate of drug-likeness (QED) is 0.689. The Balaban J connectivity index is 1.53. The van der Waals surface area contributed by atoms with Crippen molar-refractivity contribution in [1.29, 1.82) is 0 Å². The average Bonchev–Trinajstić information content (AvgIpc) is 3.57. The molecule has 4 amide bonds. The number of piperidine rings is 1. The summed E-state index contributed by atoms with van der Waals surface area (Å²) in [5.74, 6) is -0.277. The Morgan fingerprint density at radius 2 is 1.87 bits per heavy atom. The molecule has 162 valence electrons. The Morgan fingerprint density at radius 1 is 1.17 bits per heavy atom. The van der Waals surface area contributed by atoms with Gasteiger partial charge in [-0.25, -0.2) is 0 Å². The molecule has 0 bridgehead atoms. The summed E-state index contributed by atoms with van der Waals surface area (Å²) in [5.41, 5.74) is 5.94. The molecule has 0 spiro atoms. The summed E-state index contributed by atoms with van der Waals surface area (Å²) in [6.07, 6.45) is 2.69. The molecule has 8 nitrogen and oxygen atoms in total. The molecule has 2 unspecified atom stereocenters. The number of nitrogens with zero attached hydrogens (tertiary/aromatic N) is 2. The van der Waals surface area contributed by atoms with Gasteiger partial charge in [0.05, 0.1) is 6.54 Å². The first-order chi connectivity index (χ1) is 14.3. The van der Waals surface area contributed by atoms with Crippen molar-refractivity contribution in [1.82, 2.24) is 15.1 Å². The van der Waals surface area contributed by atoms with Crippen molar-refractivity contribution in [3.05, 3.63) is 35.4 Å². The number of benzene rings is 1. The highest BCUT2D eigenvalue weighted by atomic mass is 16.2. The van der Waals surface area contributed by atoms with E-state index in [1.54, 1.807) is 30.1 Å². The molecule has 2 atom stereocenters. The van der Waals surface area contributed by atoms with Crippen LogP contribution in [0.4, 0.5) is 0 Å². The lowest BCUT2D eigenvalue weighted by Crippen LogP contribution is -2.50. The minimum Gasteiger partial charge on any atom is -0.366 e. The first kappa shape index (κ1) is 21.8. The summed E-state index contributed by atoms with van der Waals surface area (Å²) >= 11 is 0. The number of nitrogens with one attached hydrogen (secondary N) is 1. The highest BCUT2D eigenvalue weighted by Gasteiger charge is 2.34. The van der Waals surface area contributed by atoms with Crippen molar-refractivity contribution < 1.29 is 19.2 Å². The zero-order valence-electron chi connectivity index (χ0n) is 17.6. The number of carbonyl (C=O) groups is 4. The third-order valence-corrected chi connectivity index (χ3v) is 6.08. The summed E-state index contributed by atoms with van der Waals surface area (Å²) in [6.45, 7) is 3.86. The SMILES string of the molecule is CC1CCN(C(=O)CN(C)C(=O)C2CC2)CC1CNC(=O)c1cccc(C(N)=O)c1. The van der Waals surface area contributed by atoms with E-state index in [0.717, 1.165) is 19.3 Å². The van der Waals surface area contributed by atoms with Crippen LogP contribution in [0, 0.1) is 17.8 Å². The molecule has 0 aromatic heterocycles. The molecule has 3 rings (SSSR count). The lowest BCUT2D eigenvalue weighted by molar-refractivity contribution is -0.141.